The molecule has 1 aromatic carbocycles. The third-order valence-electron chi connectivity index (χ3n) is 2.65. The third-order valence-corrected chi connectivity index (χ3v) is 3.25. The molecule has 2 N–H and O–H groups in total. The first-order chi connectivity index (χ1) is 8.58. The zero-order valence-electron chi connectivity index (χ0n) is 10.9. The van der Waals surface area contributed by atoms with Gasteiger partial charge in [-0.05, 0) is 49.7 Å². The Morgan fingerprint density at radius 2 is 2.00 bits per heavy atom. The molecular formula is C13H18ClN3S. The maximum Gasteiger partial charge on any atom is 0.191 e. The minimum atomic E-state index is 0.472. The van der Waals surface area contributed by atoms with Crippen LogP contribution in [-0.4, -0.2) is 10.8 Å². The number of nitrogens with zero attached hydrogens (tertiary/aromatic N) is 1. The van der Waals surface area contributed by atoms with Crippen LogP contribution < -0.4 is 10.7 Å². The van der Waals surface area contributed by atoms with Gasteiger partial charge in [0.15, 0.2) is 5.11 Å². The first-order valence-corrected chi connectivity index (χ1v) is 6.74. The highest BCUT2D eigenvalue weighted by atomic mass is 35.5. The van der Waals surface area contributed by atoms with Gasteiger partial charge in [0.25, 0.3) is 0 Å². The van der Waals surface area contributed by atoms with E-state index in [4.69, 9.17) is 23.8 Å². The van der Waals surface area contributed by atoms with Gasteiger partial charge in [-0.15, -0.1) is 0 Å². The highest BCUT2D eigenvalue weighted by Crippen LogP contribution is 2.22. The van der Waals surface area contributed by atoms with E-state index in [-0.39, 0.29) is 0 Å². The summed E-state index contributed by atoms with van der Waals surface area (Å²) in [4.78, 5) is 0. The largest absolute Gasteiger partial charge is 0.331 e. The van der Waals surface area contributed by atoms with Crippen molar-refractivity contribution in [3.8, 4) is 0 Å². The van der Waals surface area contributed by atoms with E-state index < -0.39 is 0 Å². The van der Waals surface area contributed by atoms with Crippen molar-refractivity contribution in [2.45, 2.75) is 33.6 Å². The van der Waals surface area contributed by atoms with Crippen molar-refractivity contribution in [2.75, 3.05) is 5.32 Å². The fourth-order valence-corrected chi connectivity index (χ4v) is 1.76. The monoisotopic (exact) mass is 283 g/mol. The summed E-state index contributed by atoms with van der Waals surface area (Å²) >= 11 is 11.2. The molecule has 18 heavy (non-hydrogen) atoms. The fraction of sp³-hybridized carbons (Fsp3) is 0.385. The van der Waals surface area contributed by atoms with E-state index in [0.29, 0.717) is 10.1 Å². The summed E-state index contributed by atoms with van der Waals surface area (Å²) in [6, 6.07) is 5.66. The van der Waals surface area contributed by atoms with Crippen LogP contribution >= 0.6 is 23.8 Å². The van der Waals surface area contributed by atoms with Crippen LogP contribution in [0.25, 0.3) is 0 Å². The van der Waals surface area contributed by atoms with Gasteiger partial charge in [-0.25, -0.2) is 0 Å². The molecule has 0 saturated carbocycles. The summed E-state index contributed by atoms with van der Waals surface area (Å²) in [5.74, 6) is 0. The lowest BCUT2D eigenvalue weighted by Crippen LogP contribution is -2.25. The van der Waals surface area contributed by atoms with Gasteiger partial charge in [0.05, 0.1) is 0 Å². The van der Waals surface area contributed by atoms with Gasteiger partial charge < -0.3 is 5.32 Å². The van der Waals surface area contributed by atoms with Crippen molar-refractivity contribution in [1.82, 2.24) is 5.43 Å². The van der Waals surface area contributed by atoms with Crippen molar-refractivity contribution >= 4 is 40.3 Å². The van der Waals surface area contributed by atoms with E-state index in [1.54, 1.807) is 0 Å². The molecule has 0 aromatic heterocycles. The molecular weight excluding hydrogens is 266 g/mol. The lowest BCUT2D eigenvalue weighted by Gasteiger charge is -2.11. The number of thiocarbonyl (C=S) groups is 1. The molecule has 0 aliphatic rings. The summed E-state index contributed by atoms with van der Waals surface area (Å²) in [5, 5.41) is 8.51. The lowest BCUT2D eigenvalue weighted by atomic mass is 10.2. The van der Waals surface area contributed by atoms with E-state index >= 15 is 0 Å². The SMILES string of the molecule is CCC(CC)=NNC(=S)Nc1cccc(Cl)c1C. The molecule has 0 radical (unpaired) electrons. The molecule has 0 aliphatic carbocycles. The highest BCUT2D eigenvalue weighted by molar-refractivity contribution is 7.80. The summed E-state index contributed by atoms with van der Waals surface area (Å²) in [5.41, 5.74) is 5.79. The van der Waals surface area contributed by atoms with E-state index in [1.807, 2.05) is 25.1 Å². The van der Waals surface area contributed by atoms with E-state index in [1.165, 1.54) is 0 Å². The average molecular weight is 284 g/mol. The molecule has 0 aliphatic heterocycles. The van der Waals surface area contributed by atoms with Crippen molar-refractivity contribution in [3.63, 3.8) is 0 Å². The van der Waals surface area contributed by atoms with Crippen LogP contribution in [0, 0.1) is 6.92 Å². The topological polar surface area (TPSA) is 36.4 Å². The number of halogens is 1. The Hall–Kier alpha value is -1.13. The van der Waals surface area contributed by atoms with Crippen LogP contribution in [0.15, 0.2) is 23.3 Å². The quantitative estimate of drug-likeness (QED) is 0.496. The number of hydrazone groups is 1. The van der Waals surface area contributed by atoms with Gasteiger partial charge in [-0.2, -0.15) is 5.10 Å². The predicted molar refractivity (Wildman–Crippen MR) is 83.6 cm³/mol. The van der Waals surface area contributed by atoms with Gasteiger partial charge in [0.2, 0.25) is 0 Å². The molecule has 3 nitrogen and oxygen atoms in total. The normalized spacial score (nSPS) is 9.78. The average Bonchev–Trinajstić information content (AvgIpc) is 2.36. The zero-order chi connectivity index (χ0) is 13.5. The summed E-state index contributed by atoms with van der Waals surface area (Å²) in [7, 11) is 0. The highest BCUT2D eigenvalue weighted by Gasteiger charge is 2.03. The number of benzene rings is 1. The Morgan fingerprint density at radius 3 is 2.61 bits per heavy atom. The van der Waals surface area contributed by atoms with E-state index in [9.17, 15) is 0 Å². The zero-order valence-corrected chi connectivity index (χ0v) is 12.5. The van der Waals surface area contributed by atoms with E-state index in [2.05, 4.69) is 29.7 Å². The first-order valence-electron chi connectivity index (χ1n) is 5.96. The van der Waals surface area contributed by atoms with Gasteiger partial charge >= 0.3 is 0 Å². The van der Waals surface area contributed by atoms with Crippen LogP contribution in [0.2, 0.25) is 5.02 Å². The maximum absolute atomic E-state index is 6.04. The van der Waals surface area contributed by atoms with Gasteiger partial charge in [-0.1, -0.05) is 31.5 Å². The van der Waals surface area contributed by atoms with Crippen molar-refractivity contribution in [1.29, 1.82) is 0 Å². The molecule has 0 amide bonds. The Bertz CT molecular complexity index is 452. The van der Waals surface area contributed by atoms with Crippen LogP contribution in [0.1, 0.15) is 32.3 Å². The van der Waals surface area contributed by atoms with Crippen molar-refractivity contribution in [2.24, 2.45) is 5.10 Å². The predicted octanol–water partition coefficient (Wildman–Crippen LogP) is 4.11. The molecule has 0 fully saturated rings. The standard InChI is InChI=1S/C13H18ClN3S/c1-4-10(5-2)16-17-13(18)15-12-8-6-7-11(14)9(12)3/h6-8H,4-5H2,1-3H3,(H2,15,17,18). The van der Waals surface area contributed by atoms with E-state index in [0.717, 1.165) is 29.8 Å². The van der Waals surface area contributed by atoms with Crippen molar-refractivity contribution in [3.05, 3.63) is 28.8 Å². The molecule has 1 aromatic rings. The molecule has 5 heteroatoms. The molecule has 0 atom stereocenters. The minimum absolute atomic E-state index is 0.472. The van der Waals surface area contributed by atoms with Gasteiger partial charge in [-0.3, -0.25) is 5.43 Å². The first kappa shape index (κ1) is 14.9. The smallest absolute Gasteiger partial charge is 0.191 e. The molecule has 98 valence electrons. The minimum Gasteiger partial charge on any atom is -0.331 e. The maximum atomic E-state index is 6.04. The molecule has 0 heterocycles. The fourth-order valence-electron chi connectivity index (χ4n) is 1.43. The molecule has 1 rings (SSSR count). The number of anilines is 1. The number of rotatable bonds is 4. The van der Waals surface area contributed by atoms with Crippen molar-refractivity contribution < 1.29 is 0 Å². The second kappa shape index (κ2) is 7.34. The molecule has 0 bridgehead atoms. The lowest BCUT2D eigenvalue weighted by molar-refractivity contribution is 0.992. The Balaban J connectivity index is 2.65. The summed E-state index contributed by atoms with van der Waals surface area (Å²) in [6.45, 7) is 6.09. The second-order valence-electron chi connectivity index (χ2n) is 3.86. The van der Waals surface area contributed by atoms with Gasteiger partial charge in [0.1, 0.15) is 0 Å². The van der Waals surface area contributed by atoms with Crippen LogP contribution in [0.5, 0.6) is 0 Å². The summed E-state index contributed by atoms with van der Waals surface area (Å²) in [6.07, 6.45) is 1.84. The molecule has 0 unspecified atom stereocenters. The van der Waals surface area contributed by atoms with Crippen LogP contribution in [-0.2, 0) is 0 Å². The Morgan fingerprint density at radius 1 is 1.33 bits per heavy atom. The molecule has 0 spiro atoms. The van der Waals surface area contributed by atoms with Gasteiger partial charge in [0, 0.05) is 16.4 Å². The third kappa shape index (κ3) is 4.27. The Labute approximate surface area is 119 Å². The number of hydrogen-bond acceptors (Lipinski definition) is 2. The van der Waals surface area contributed by atoms with Crippen LogP contribution in [0.4, 0.5) is 5.69 Å². The number of hydrogen-bond donors (Lipinski definition) is 2. The van der Waals surface area contributed by atoms with Crippen LogP contribution in [0.3, 0.4) is 0 Å². The number of nitrogens with one attached hydrogen (secondary N) is 2. The molecule has 0 saturated heterocycles. The summed E-state index contributed by atoms with van der Waals surface area (Å²) < 4.78 is 0. The Kier molecular flexibility index (Phi) is 6.09. The second-order valence-corrected chi connectivity index (χ2v) is 4.68.